The minimum atomic E-state index is -0.542. The summed E-state index contributed by atoms with van der Waals surface area (Å²) >= 11 is 0. The Hall–Kier alpha value is 4.03. The minimum Gasteiger partial charge on any atom is -0.672 e. The normalized spacial score (nSPS) is 10.1. The van der Waals surface area contributed by atoms with E-state index < -0.39 is 71.7 Å². The van der Waals surface area contributed by atoms with E-state index in [0.29, 0.717) is 0 Å². The zero-order chi connectivity index (χ0) is 23.4. The van der Waals surface area contributed by atoms with Crippen LogP contribution in [0.3, 0.4) is 0 Å². The smallest absolute Gasteiger partial charge is 0.672 e. The predicted molar refractivity (Wildman–Crippen MR) is 170 cm³/mol. The average Bonchev–Trinajstić information content (AvgIpc) is 2.32. The van der Waals surface area contributed by atoms with Crippen LogP contribution >= 0.6 is 0 Å². The first-order valence-electron chi connectivity index (χ1n) is 11.3. The molecule has 0 aliphatic rings. The van der Waals surface area contributed by atoms with Crippen molar-refractivity contribution in [1.82, 2.24) is 0 Å². The Bertz CT molecular complexity index is 229. The van der Waals surface area contributed by atoms with Gasteiger partial charge in [-0.15, -0.1) is 0 Å². The van der Waals surface area contributed by atoms with Gasteiger partial charge in [0.2, 0.25) is 0 Å². The maximum atomic E-state index is 4.56. The van der Waals surface area contributed by atoms with Gasteiger partial charge in [0.05, 0.1) is 0 Å². The summed E-state index contributed by atoms with van der Waals surface area (Å²) in [5.74, 6) is 0. The molecule has 0 aliphatic heterocycles. The van der Waals surface area contributed by atoms with Crippen LogP contribution in [0.2, 0.25) is 105 Å². The van der Waals surface area contributed by atoms with Gasteiger partial charge in [0, 0.05) is 0 Å². The van der Waals surface area contributed by atoms with E-state index in [1.165, 1.54) is 0 Å². The molecular formula is C16H56CaLi2N4Si8. The third kappa shape index (κ3) is 87.0. The Morgan fingerprint density at radius 3 is 0.323 bits per heavy atom. The molecule has 0 aromatic rings. The van der Waals surface area contributed by atoms with E-state index in [2.05, 4.69) is 123 Å². The first-order chi connectivity index (χ1) is 12.5. The molecule has 0 saturated heterocycles. The molecule has 0 amide bonds. The van der Waals surface area contributed by atoms with Gasteiger partial charge in [-0.25, -0.2) is 0 Å². The maximum Gasteiger partial charge on any atom is 2.00 e. The van der Waals surface area contributed by atoms with Gasteiger partial charge in [-0.1, -0.05) is 176 Å². The van der Waals surface area contributed by atoms with Gasteiger partial charge in [-0.05, 0) is 0 Å². The Kier molecular flexibility index (Phi) is 60.3. The van der Waals surface area contributed by atoms with E-state index in [-0.39, 0.29) is 75.5 Å². The van der Waals surface area contributed by atoms with Gasteiger partial charge in [-0.2, -0.15) is 0 Å². The van der Waals surface area contributed by atoms with Crippen molar-refractivity contribution in [3.63, 3.8) is 0 Å². The van der Waals surface area contributed by atoms with Crippen LogP contribution in [0.5, 0.6) is 0 Å². The molecule has 0 bridgehead atoms. The van der Waals surface area contributed by atoms with Crippen LogP contribution in [0.25, 0.3) is 18.6 Å². The molecule has 0 unspecified atom stereocenters. The van der Waals surface area contributed by atoms with Crippen LogP contribution in [0.1, 0.15) is 0 Å². The van der Waals surface area contributed by atoms with Crippen molar-refractivity contribution in [2.75, 3.05) is 0 Å². The third-order valence-corrected chi connectivity index (χ3v) is 21.5. The number of nitrogens with zero attached hydrogens (tertiary/aromatic N) is 4. The first-order valence-corrected chi connectivity index (χ1v) is 33.9. The summed E-state index contributed by atoms with van der Waals surface area (Å²) in [5, 5.41) is 0. The largest absolute Gasteiger partial charge is 2.00 e. The number of rotatable bonds is 8. The van der Waals surface area contributed by atoms with Gasteiger partial charge >= 0.3 is 75.5 Å². The molecule has 0 rings (SSSR count). The molecule has 0 aromatic carbocycles. The van der Waals surface area contributed by atoms with Gasteiger partial charge in [0.1, 0.15) is 0 Å². The zero-order valence-electron chi connectivity index (χ0n) is 25.1. The van der Waals surface area contributed by atoms with Crippen LogP contribution in [0, 0.1) is 0 Å². The van der Waals surface area contributed by atoms with Crippen molar-refractivity contribution in [2.45, 2.75) is 105 Å². The molecule has 4 nitrogen and oxygen atoms in total. The van der Waals surface area contributed by atoms with Crippen molar-refractivity contribution < 1.29 is 37.7 Å². The van der Waals surface area contributed by atoms with Gasteiger partial charge < -0.3 is 18.6 Å². The summed E-state index contributed by atoms with van der Waals surface area (Å²) in [5.41, 5.74) is 0. The Balaban J connectivity index is -0.0000000480. The first kappa shape index (κ1) is 51.6. The fourth-order valence-electron chi connectivity index (χ4n) is 2.39. The predicted octanol–water partition coefficient (Wildman–Crippen LogP) is -1.07. The standard InChI is InChI=1S/4C4H14NSi2.Ca.2Li/c4*1-6(2)5-7(3)4;;;/h4*6-7H,1-4H3;;;/q4*-1;+2;2*+1. The summed E-state index contributed by atoms with van der Waals surface area (Å²) in [6, 6.07) is 0. The summed E-state index contributed by atoms with van der Waals surface area (Å²) in [4.78, 5) is 0. The van der Waals surface area contributed by atoms with Gasteiger partial charge in [-0.3, -0.25) is 0 Å². The van der Waals surface area contributed by atoms with E-state index in [9.17, 15) is 0 Å². The fraction of sp³-hybridized carbons (Fsp3) is 1.00. The van der Waals surface area contributed by atoms with Gasteiger partial charge in [0.15, 0.2) is 0 Å². The molecule has 0 saturated carbocycles. The van der Waals surface area contributed by atoms with Crippen LogP contribution in [0.4, 0.5) is 0 Å². The number of hydrogen-bond acceptors (Lipinski definition) is 0. The summed E-state index contributed by atoms with van der Waals surface area (Å²) < 4.78 is 18.2. The van der Waals surface area contributed by atoms with Crippen LogP contribution in [-0.4, -0.2) is 109 Å². The molecule has 0 fully saturated rings. The van der Waals surface area contributed by atoms with Crippen LogP contribution in [0.15, 0.2) is 0 Å². The topological polar surface area (TPSA) is 56.4 Å². The summed E-state index contributed by atoms with van der Waals surface area (Å²) in [6.45, 7) is 36.3. The molecule has 0 atom stereocenters. The van der Waals surface area contributed by atoms with E-state index in [0.717, 1.165) is 0 Å². The molecular weight excluding hydrogens is 527 g/mol. The molecule has 0 spiro atoms. The average molecular weight is 583 g/mol. The molecule has 0 radical (unpaired) electrons. The summed E-state index contributed by atoms with van der Waals surface area (Å²) in [7, 11) is -4.33. The molecule has 0 aromatic heterocycles. The fourth-order valence-corrected chi connectivity index (χ4v) is 21.5. The van der Waals surface area contributed by atoms with Crippen LogP contribution in [-0.2, 0) is 0 Å². The Labute approximate surface area is 267 Å². The zero-order valence-corrected chi connectivity index (χ0v) is 36.6. The van der Waals surface area contributed by atoms with E-state index >= 15 is 0 Å². The Morgan fingerprint density at radius 1 is 0.258 bits per heavy atom. The van der Waals surface area contributed by atoms with Crippen molar-refractivity contribution >= 4 is 109 Å². The molecule has 31 heavy (non-hydrogen) atoms. The molecule has 0 aliphatic carbocycles. The molecule has 15 heteroatoms. The molecule has 176 valence electrons. The third-order valence-electron chi connectivity index (χ3n) is 2.39. The monoisotopic (exact) mass is 582 g/mol. The van der Waals surface area contributed by atoms with E-state index in [1.54, 1.807) is 0 Å². The van der Waals surface area contributed by atoms with E-state index in [1.807, 2.05) is 0 Å². The van der Waals surface area contributed by atoms with Gasteiger partial charge in [0.25, 0.3) is 0 Å². The van der Waals surface area contributed by atoms with E-state index in [4.69, 9.17) is 0 Å². The van der Waals surface area contributed by atoms with Crippen molar-refractivity contribution in [3.05, 3.63) is 18.6 Å². The molecule has 0 heterocycles. The second-order valence-electron chi connectivity index (χ2n) is 9.35. The van der Waals surface area contributed by atoms with Crippen LogP contribution < -0.4 is 37.7 Å². The summed E-state index contributed by atoms with van der Waals surface area (Å²) in [6.07, 6.45) is 0. The molecule has 0 N–H and O–H groups in total. The SMILES string of the molecule is C[SiH](C)[N-][SiH](C)C.C[SiH](C)[N-][SiH](C)C.C[SiH](C)[N-][SiH](C)C.C[SiH](C)[N-][SiH](C)C.[Ca+2].[Li+].[Li+]. The minimum absolute atomic E-state index is 0. The van der Waals surface area contributed by atoms with Crippen molar-refractivity contribution in [3.8, 4) is 0 Å². The number of hydrogen-bond donors (Lipinski definition) is 0. The quantitative estimate of drug-likeness (QED) is 0.328. The maximum absolute atomic E-state index is 4.56. The second kappa shape index (κ2) is 36.2. The second-order valence-corrected chi connectivity index (χ2v) is 31.6. The van der Waals surface area contributed by atoms with Crippen molar-refractivity contribution in [1.29, 1.82) is 0 Å². The Morgan fingerprint density at radius 2 is 0.323 bits per heavy atom. The van der Waals surface area contributed by atoms with Crippen molar-refractivity contribution in [2.24, 2.45) is 0 Å².